The Labute approximate surface area is 206 Å². The number of carbonyl (C=O) groups is 3. The average molecular weight is 487 g/mol. The van der Waals surface area contributed by atoms with Gasteiger partial charge in [-0.1, -0.05) is 42.5 Å². The number of dihydropyridines is 1. The Kier molecular flexibility index (Phi) is 4.69. The molecular formula is C26H24N5O3S+. The Morgan fingerprint density at radius 1 is 1.09 bits per heavy atom. The maximum Gasteiger partial charge on any atom is 0.261 e. The quantitative estimate of drug-likeness (QED) is 0.437. The van der Waals surface area contributed by atoms with Crippen LogP contribution in [0.1, 0.15) is 34.6 Å². The molecule has 1 aliphatic carbocycles. The molecule has 0 aromatic heterocycles. The molecule has 176 valence electrons. The number of hydrogen-bond donors (Lipinski definition) is 3. The van der Waals surface area contributed by atoms with Crippen LogP contribution in [0.5, 0.6) is 0 Å². The maximum absolute atomic E-state index is 13.7. The highest BCUT2D eigenvalue weighted by molar-refractivity contribution is 8.02. The van der Waals surface area contributed by atoms with E-state index in [9.17, 15) is 14.4 Å². The van der Waals surface area contributed by atoms with Gasteiger partial charge in [-0.05, 0) is 31.0 Å². The summed E-state index contributed by atoms with van der Waals surface area (Å²) in [6.07, 6.45) is 0. The first-order valence-corrected chi connectivity index (χ1v) is 12.4. The summed E-state index contributed by atoms with van der Waals surface area (Å²) in [7, 11) is 0. The Hall–Kier alpha value is -3.85. The van der Waals surface area contributed by atoms with Crippen molar-refractivity contribution < 1.29 is 19.0 Å². The monoisotopic (exact) mass is 486 g/mol. The van der Waals surface area contributed by atoms with Crippen molar-refractivity contribution in [2.75, 3.05) is 16.6 Å². The summed E-state index contributed by atoms with van der Waals surface area (Å²) in [5, 5.41) is 6.78. The summed E-state index contributed by atoms with van der Waals surface area (Å²) in [6, 6.07) is 15.5. The molecule has 3 aliphatic heterocycles. The van der Waals surface area contributed by atoms with Crippen molar-refractivity contribution in [3.8, 4) is 0 Å². The highest BCUT2D eigenvalue weighted by Crippen LogP contribution is 2.47. The molecule has 2 aromatic rings. The van der Waals surface area contributed by atoms with Gasteiger partial charge in [-0.25, -0.2) is 4.58 Å². The zero-order valence-electron chi connectivity index (χ0n) is 19.3. The molecule has 4 aliphatic rings. The molecule has 2 unspecified atom stereocenters. The van der Waals surface area contributed by atoms with E-state index in [1.807, 2.05) is 53.1 Å². The number of Topliss-reactive ketones (excluding diaryl/α,β-unsaturated/α-hetero) is 3. The van der Waals surface area contributed by atoms with Crippen molar-refractivity contribution >= 4 is 40.8 Å². The molecule has 9 heteroatoms. The second kappa shape index (κ2) is 7.58. The zero-order chi connectivity index (χ0) is 24.5. The van der Waals surface area contributed by atoms with Crippen LogP contribution in [-0.2, 0) is 4.79 Å². The first-order valence-electron chi connectivity index (χ1n) is 11.5. The standard InChI is InChI=1S/C26H23N5O3S/c1-3-30-14(2)29-26(18(32)13-35-31(26)15-9-5-4-6-10-15)20-21(27)19-22(28-25(20)30)24(34)17-12-8-7-11-16(17)23(19)33/h4-12,22H,3,13H2,1-2H3,(H3,27,28,33)/p+1. The number of para-hydroxylation sites is 1. The number of carbonyl (C=O) groups excluding carboxylic acids is 3. The Morgan fingerprint density at radius 3 is 2.49 bits per heavy atom. The van der Waals surface area contributed by atoms with Gasteiger partial charge in [0, 0.05) is 18.1 Å². The molecule has 4 N–H and O–H groups in total. The van der Waals surface area contributed by atoms with Crippen LogP contribution in [0.2, 0.25) is 0 Å². The minimum atomic E-state index is -1.33. The van der Waals surface area contributed by atoms with Gasteiger partial charge in [-0.15, -0.1) is 0 Å². The Bertz CT molecular complexity index is 1430. The van der Waals surface area contributed by atoms with Gasteiger partial charge in [-0.2, -0.15) is 0 Å². The van der Waals surface area contributed by atoms with E-state index in [1.165, 1.54) is 11.9 Å². The summed E-state index contributed by atoms with van der Waals surface area (Å²) in [5.41, 5.74) is 7.88. The summed E-state index contributed by atoms with van der Waals surface area (Å²) < 4.78 is 3.89. The van der Waals surface area contributed by atoms with Gasteiger partial charge in [0.1, 0.15) is 5.57 Å². The second-order valence-electron chi connectivity index (χ2n) is 8.86. The number of amidine groups is 1. The highest BCUT2D eigenvalue weighted by Gasteiger charge is 2.63. The molecule has 6 rings (SSSR count). The van der Waals surface area contributed by atoms with Gasteiger partial charge in [0.05, 0.1) is 29.3 Å². The molecule has 35 heavy (non-hydrogen) atoms. The summed E-state index contributed by atoms with van der Waals surface area (Å²) >= 11 is 1.39. The average Bonchev–Trinajstić information content (AvgIpc) is 3.18. The number of benzene rings is 2. The van der Waals surface area contributed by atoms with E-state index in [1.54, 1.807) is 24.3 Å². The first-order chi connectivity index (χ1) is 16.9. The van der Waals surface area contributed by atoms with Crippen LogP contribution in [0, 0.1) is 0 Å². The van der Waals surface area contributed by atoms with Gasteiger partial charge in [-0.3, -0.25) is 29.3 Å². The highest BCUT2D eigenvalue weighted by atomic mass is 32.2. The Morgan fingerprint density at radius 2 is 1.77 bits per heavy atom. The molecule has 8 nitrogen and oxygen atoms in total. The van der Waals surface area contributed by atoms with Crippen molar-refractivity contribution in [1.82, 2.24) is 10.6 Å². The number of nitrogens with two attached hydrogens (primary N) is 1. The van der Waals surface area contributed by atoms with Crippen molar-refractivity contribution in [3.63, 3.8) is 0 Å². The minimum Gasteiger partial charge on any atom is -0.398 e. The molecule has 0 bridgehead atoms. The minimum absolute atomic E-state index is 0.0762. The van der Waals surface area contributed by atoms with E-state index < -0.39 is 11.7 Å². The van der Waals surface area contributed by atoms with Crippen LogP contribution in [0.15, 0.2) is 77.3 Å². The first kappa shape index (κ1) is 21.7. The lowest BCUT2D eigenvalue weighted by Crippen LogP contribution is -2.69. The molecule has 1 spiro atoms. The molecule has 0 radical (unpaired) electrons. The van der Waals surface area contributed by atoms with E-state index >= 15 is 0 Å². The molecule has 0 amide bonds. The van der Waals surface area contributed by atoms with Crippen LogP contribution in [0.25, 0.3) is 0 Å². The Balaban J connectivity index is 1.63. The smallest absolute Gasteiger partial charge is 0.261 e. The van der Waals surface area contributed by atoms with Gasteiger partial charge in [0.25, 0.3) is 5.66 Å². The van der Waals surface area contributed by atoms with E-state index in [4.69, 9.17) is 5.73 Å². The third-order valence-corrected chi connectivity index (χ3v) is 8.18. The fraction of sp³-hybridized carbons (Fsp3) is 0.231. The van der Waals surface area contributed by atoms with Gasteiger partial charge in [0.2, 0.25) is 17.4 Å². The lowest BCUT2D eigenvalue weighted by atomic mass is 9.76. The molecule has 1 saturated heterocycles. The van der Waals surface area contributed by atoms with E-state index in [2.05, 4.69) is 10.6 Å². The lowest BCUT2D eigenvalue weighted by molar-refractivity contribution is -0.486. The van der Waals surface area contributed by atoms with Gasteiger partial charge in [0.15, 0.2) is 17.7 Å². The molecular weight excluding hydrogens is 462 g/mol. The van der Waals surface area contributed by atoms with Crippen molar-refractivity contribution in [2.45, 2.75) is 25.6 Å². The van der Waals surface area contributed by atoms with Crippen molar-refractivity contribution in [2.24, 2.45) is 5.73 Å². The lowest BCUT2D eigenvalue weighted by Gasteiger charge is -2.44. The molecule has 1 fully saturated rings. The SMILES string of the molecule is CC[N+]1=C(C)NC2(C(=O)CSN2c2ccccc2)C2=C1NC1C(=O)c3ccccc3C(=O)C1=C2N. The summed E-state index contributed by atoms with van der Waals surface area (Å²) in [5.74, 6) is 0.982. The third-order valence-electron chi connectivity index (χ3n) is 7.05. The number of ketones is 3. The van der Waals surface area contributed by atoms with E-state index in [0.29, 0.717) is 29.1 Å². The number of anilines is 1. The summed E-state index contributed by atoms with van der Waals surface area (Å²) in [6.45, 7) is 4.45. The van der Waals surface area contributed by atoms with Crippen molar-refractivity contribution in [1.29, 1.82) is 0 Å². The van der Waals surface area contributed by atoms with Crippen LogP contribution in [0.3, 0.4) is 0 Å². The molecule has 2 atom stereocenters. The van der Waals surface area contributed by atoms with E-state index in [-0.39, 0.29) is 34.4 Å². The number of nitrogens with zero attached hydrogens (tertiary/aromatic N) is 2. The second-order valence-corrected chi connectivity index (χ2v) is 9.77. The van der Waals surface area contributed by atoms with E-state index in [0.717, 1.165) is 11.5 Å². The normalized spacial score (nSPS) is 25.5. The fourth-order valence-electron chi connectivity index (χ4n) is 5.51. The van der Waals surface area contributed by atoms with Gasteiger partial charge < -0.3 is 5.73 Å². The number of hydrogen-bond acceptors (Lipinski definition) is 8. The van der Waals surface area contributed by atoms with Crippen LogP contribution in [0.4, 0.5) is 5.69 Å². The molecule has 3 heterocycles. The van der Waals surface area contributed by atoms with Crippen LogP contribution < -0.4 is 20.7 Å². The fourth-order valence-corrected chi connectivity index (χ4v) is 6.67. The topological polar surface area (TPSA) is 108 Å². The maximum atomic E-state index is 13.7. The number of fused-ring (bicyclic) bond motifs is 3. The van der Waals surface area contributed by atoms with Crippen LogP contribution >= 0.6 is 11.9 Å². The third kappa shape index (κ3) is 2.75. The molecule has 0 saturated carbocycles. The summed E-state index contributed by atoms with van der Waals surface area (Å²) in [4.78, 5) is 40.9. The van der Waals surface area contributed by atoms with Gasteiger partial charge >= 0.3 is 0 Å². The largest absolute Gasteiger partial charge is 0.398 e. The van der Waals surface area contributed by atoms with Crippen molar-refractivity contribution in [3.05, 3.63) is 88.4 Å². The predicted octanol–water partition coefficient (Wildman–Crippen LogP) is 1.95. The van der Waals surface area contributed by atoms with Crippen LogP contribution in [-0.4, -0.2) is 51.8 Å². The predicted molar refractivity (Wildman–Crippen MR) is 134 cm³/mol. The number of rotatable bonds is 2. The zero-order valence-corrected chi connectivity index (χ0v) is 20.1. The number of nitrogens with one attached hydrogen (secondary N) is 2. The molecule has 2 aromatic carbocycles.